The fourth-order valence-electron chi connectivity index (χ4n) is 3.71. The molecule has 1 amide bonds. The van der Waals surface area contributed by atoms with Crippen molar-refractivity contribution in [1.29, 1.82) is 5.41 Å². The molecule has 0 spiro atoms. The summed E-state index contributed by atoms with van der Waals surface area (Å²) in [7, 11) is 1.56. The molecule has 0 saturated carbocycles. The number of carbonyl (C=O) groups is 1. The van der Waals surface area contributed by atoms with Gasteiger partial charge in [-0.25, -0.2) is 0 Å². The Morgan fingerprint density at radius 2 is 1.80 bits per heavy atom. The van der Waals surface area contributed by atoms with Gasteiger partial charge < -0.3 is 9.47 Å². The third-order valence-corrected chi connectivity index (χ3v) is 6.51. The van der Waals surface area contributed by atoms with Crippen LogP contribution in [-0.2, 0) is 11.4 Å². The van der Waals surface area contributed by atoms with Crippen LogP contribution >= 0.6 is 11.8 Å². The van der Waals surface area contributed by atoms with E-state index in [9.17, 15) is 4.79 Å². The highest BCUT2D eigenvalue weighted by Gasteiger charge is 2.36. The number of amidine groups is 2. The summed E-state index contributed by atoms with van der Waals surface area (Å²) in [6.07, 6.45) is 1.63. The number of methoxy groups -OCH3 is 1. The quantitative estimate of drug-likeness (QED) is 0.485. The summed E-state index contributed by atoms with van der Waals surface area (Å²) in [5.74, 6) is 0.635. The molecular weight excluding hydrogens is 460 g/mol. The monoisotopic (exact) mass is 482 g/mol. The molecule has 0 bridgehead atoms. The standard InChI is InChI=1S/C27H22N4O3S/c1-17-8-6-7-11-20(17)26-30-31-24(28)21(25(32)29-27(31)35-26)14-19-12-13-22(23(15-19)33-2)34-16-18-9-4-3-5-10-18/h3-15,28H,16H2,1-2H3/b21-14-,28-24?. The Morgan fingerprint density at radius 3 is 2.57 bits per heavy atom. The van der Waals surface area contributed by atoms with Crippen molar-refractivity contribution in [3.63, 3.8) is 0 Å². The largest absolute Gasteiger partial charge is 0.493 e. The van der Waals surface area contributed by atoms with Gasteiger partial charge in [0.15, 0.2) is 17.3 Å². The number of nitrogens with one attached hydrogen (secondary N) is 1. The highest BCUT2D eigenvalue weighted by atomic mass is 32.2. The predicted octanol–water partition coefficient (Wildman–Crippen LogP) is 5.25. The number of nitrogens with zero attached hydrogens (tertiary/aromatic N) is 3. The van der Waals surface area contributed by atoms with Crippen LogP contribution in [0.25, 0.3) is 6.08 Å². The Bertz CT molecular complexity index is 1410. The molecule has 2 aliphatic heterocycles. The molecule has 3 aromatic rings. The van der Waals surface area contributed by atoms with Gasteiger partial charge in [0.1, 0.15) is 11.7 Å². The van der Waals surface area contributed by atoms with Gasteiger partial charge in [0.05, 0.1) is 12.7 Å². The van der Waals surface area contributed by atoms with Gasteiger partial charge in [0, 0.05) is 5.56 Å². The lowest BCUT2D eigenvalue weighted by Crippen LogP contribution is -2.35. The maximum absolute atomic E-state index is 12.8. The van der Waals surface area contributed by atoms with Crippen LogP contribution in [0.1, 0.15) is 22.3 Å². The molecular formula is C27H22N4O3S. The van der Waals surface area contributed by atoms with Crippen LogP contribution in [0.4, 0.5) is 0 Å². The second kappa shape index (κ2) is 9.60. The molecule has 0 aromatic heterocycles. The fraction of sp³-hybridized carbons (Fsp3) is 0.111. The lowest BCUT2D eigenvalue weighted by molar-refractivity contribution is -0.114. The van der Waals surface area contributed by atoms with E-state index in [1.54, 1.807) is 25.3 Å². The summed E-state index contributed by atoms with van der Waals surface area (Å²) in [5.41, 5.74) is 3.91. The van der Waals surface area contributed by atoms with Crippen LogP contribution < -0.4 is 9.47 Å². The number of carbonyl (C=O) groups excluding carboxylic acids is 1. The number of amides is 1. The van der Waals surface area contributed by atoms with Crippen LogP contribution in [-0.4, -0.2) is 34.1 Å². The van der Waals surface area contributed by atoms with Gasteiger partial charge in [-0.1, -0.05) is 60.7 Å². The number of aryl methyl sites for hydroxylation is 1. The molecule has 35 heavy (non-hydrogen) atoms. The summed E-state index contributed by atoms with van der Waals surface area (Å²) in [6, 6.07) is 23.1. The SMILES string of the molecule is COc1cc(/C=C2/C(=N)N3N=C(c4ccccc4C)SC3=NC2=O)ccc1OCc1ccccc1. The van der Waals surface area contributed by atoms with E-state index < -0.39 is 5.91 Å². The first-order valence-corrected chi connectivity index (χ1v) is 11.8. The lowest BCUT2D eigenvalue weighted by Gasteiger charge is -2.20. The number of hydrogen-bond donors (Lipinski definition) is 1. The van der Waals surface area contributed by atoms with Gasteiger partial charge in [-0.05, 0) is 53.6 Å². The van der Waals surface area contributed by atoms with Gasteiger partial charge in [0.2, 0.25) is 5.17 Å². The number of thioether (sulfide) groups is 1. The minimum absolute atomic E-state index is 0.0144. The first-order chi connectivity index (χ1) is 17.0. The highest BCUT2D eigenvalue weighted by Crippen LogP contribution is 2.33. The zero-order chi connectivity index (χ0) is 24.4. The second-order valence-corrected chi connectivity index (χ2v) is 8.88. The molecule has 1 N–H and O–H groups in total. The summed E-state index contributed by atoms with van der Waals surface area (Å²) >= 11 is 1.29. The zero-order valence-electron chi connectivity index (χ0n) is 19.2. The van der Waals surface area contributed by atoms with Crippen LogP contribution in [0.15, 0.2) is 88.5 Å². The minimum Gasteiger partial charge on any atom is -0.493 e. The van der Waals surface area contributed by atoms with Gasteiger partial charge in [0.25, 0.3) is 5.91 Å². The van der Waals surface area contributed by atoms with Crippen molar-refractivity contribution in [2.24, 2.45) is 10.1 Å². The number of benzene rings is 3. The molecule has 0 fully saturated rings. The molecule has 3 aromatic carbocycles. The number of rotatable bonds is 6. The Labute approximate surface area is 207 Å². The normalized spacial score (nSPS) is 16.2. The first-order valence-electron chi connectivity index (χ1n) is 10.9. The minimum atomic E-state index is -0.474. The topological polar surface area (TPSA) is 87.3 Å². The van der Waals surface area contributed by atoms with E-state index >= 15 is 0 Å². The second-order valence-electron chi connectivity index (χ2n) is 7.92. The fourth-order valence-corrected chi connectivity index (χ4v) is 4.69. The molecule has 2 aliphatic rings. The summed E-state index contributed by atoms with van der Waals surface area (Å²) in [6.45, 7) is 2.41. The molecule has 7 nitrogen and oxygen atoms in total. The van der Waals surface area contributed by atoms with E-state index in [0.717, 1.165) is 16.7 Å². The maximum Gasteiger partial charge on any atom is 0.283 e. The lowest BCUT2D eigenvalue weighted by atomic mass is 10.1. The number of ether oxygens (including phenoxy) is 2. The summed E-state index contributed by atoms with van der Waals surface area (Å²) in [4.78, 5) is 17.0. The van der Waals surface area contributed by atoms with Crippen molar-refractivity contribution in [3.05, 3.63) is 101 Å². The van der Waals surface area contributed by atoms with Crippen LogP contribution in [0.3, 0.4) is 0 Å². The van der Waals surface area contributed by atoms with Crippen molar-refractivity contribution < 1.29 is 14.3 Å². The Kier molecular flexibility index (Phi) is 6.20. The van der Waals surface area contributed by atoms with Gasteiger partial charge >= 0.3 is 0 Å². The molecule has 0 radical (unpaired) electrons. The Hall–Kier alpha value is -4.17. The van der Waals surface area contributed by atoms with Crippen LogP contribution in [0.2, 0.25) is 0 Å². The van der Waals surface area contributed by atoms with Gasteiger partial charge in [-0.3, -0.25) is 10.2 Å². The highest BCUT2D eigenvalue weighted by molar-refractivity contribution is 8.27. The smallest absolute Gasteiger partial charge is 0.283 e. The van der Waals surface area contributed by atoms with Gasteiger partial charge in [-0.15, -0.1) is 0 Å². The summed E-state index contributed by atoms with van der Waals surface area (Å²) < 4.78 is 11.4. The van der Waals surface area contributed by atoms with E-state index in [1.165, 1.54) is 16.8 Å². The molecule has 8 heteroatoms. The summed E-state index contributed by atoms with van der Waals surface area (Å²) in [5, 5.41) is 15.7. The average molecular weight is 483 g/mol. The number of hydrogen-bond acceptors (Lipinski definition) is 6. The molecule has 0 aliphatic carbocycles. The average Bonchev–Trinajstić information content (AvgIpc) is 3.30. The van der Waals surface area contributed by atoms with Crippen molar-refractivity contribution in [2.45, 2.75) is 13.5 Å². The van der Waals surface area contributed by atoms with Crippen LogP contribution in [0, 0.1) is 12.3 Å². The molecule has 5 rings (SSSR count). The third kappa shape index (κ3) is 4.61. The molecule has 0 unspecified atom stereocenters. The molecule has 0 saturated heterocycles. The van der Waals surface area contributed by atoms with E-state index in [2.05, 4.69) is 10.1 Å². The van der Waals surface area contributed by atoms with Crippen molar-refractivity contribution >= 4 is 39.8 Å². The number of fused-ring (bicyclic) bond motifs is 1. The Morgan fingerprint density at radius 1 is 1.03 bits per heavy atom. The predicted molar refractivity (Wildman–Crippen MR) is 139 cm³/mol. The molecule has 0 atom stereocenters. The number of aliphatic imine (C=N–C) groups is 1. The van der Waals surface area contributed by atoms with Crippen molar-refractivity contribution in [1.82, 2.24) is 5.01 Å². The zero-order valence-corrected chi connectivity index (χ0v) is 20.0. The van der Waals surface area contributed by atoms with E-state index in [1.807, 2.05) is 67.6 Å². The Balaban J connectivity index is 1.39. The van der Waals surface area contributed by atoms with E-state index in [-0.39, 0.29) is 11.4 Å². The van der Waals surface area contributed by atoms with E-state index in [4.69, 9.17) is 14.9 Å². The van der Waals surface area contributed by atoms with Crippen LogP contribution in [0.5, 0.6) is 11.5 Å². The first kappa shape index (κ1) is 22.6. The van der Waals surface area contributed by atoms with Gasteiger partial charge in [-0.2, -0.15) is 15.1 Å². The van der Waals surface area contributed by atoms with Crippen molar-refractivity contribution in [2.75, 3.05) is 7.11 Å². The third-order valence-electron chi connectivity index (χ3n) is 5.57. The maximum atomic E-state index is 12.8. The molecule has 2 heterocycles. The molecule has 174 valence electrons. The van der Waals surface area contributed by atoms with E-state index in [0.29, 0.717) is 33.9 Å². The number of hydrazone groups is 1. The van der Waals surface area contributed by atoms with Crippen molar-refractivity contribution in [3.8, 4) is 11.5 Å².